The van der Waals surface area contributed by atoms with Gasteiger partial charge in [0.2, 0.25) is 0 Å². The van der Waals surface area contributed by atoms with Crippen LogP contribution in [0.25, 0.3) is 0 Å². The van der Waals surface area contributed by atoms with E-state index in [1.807, 2.05) is 13.8 Å². The van der Waals surface area contributed by atoms with Gasteiger partial charge in [-0.3, -0.25) is 4.98 Å². The molecule has 0 fully saturated rings. The van der Waals surface area contributed by atoms with Crippen LogP contribution in [0.4, 0.5) is 4.39 Å². The van der Waals surface area contributed by atoms with Crippen molar-refractivity contribution in [3.63, 3.8) is 0 Å². The van der Waals surface area contributed by atoms with Crippen LogP contribution in [0.2, 0.25) is 0 Å². The zero-order valence-electron chi connectivity index (χ0n) is 9.50. The van der Waals surface area contributed by atoms with Crippen molar-refractivity contribution in [2.75, 3.05) is 0 Å². The lowest BCUT2D eigenvalue weighted by molar-refractivity contribution is -0.0135. The molecule has 0 aliphatic carbocycles. The molecule has 0 radical (unpaired) electrons. The Morgan fingerprint density at radius 3 is 2.40 bits per heavy atom. The van der Waals surface area contributed by atoms with Crippen LogP contribution in [-0.4, -0.2) is 10.1 Å². The summed E-state index contributed by atoms with van der Waals surface area (Å²) in [5.74, 6) is -0.227. The van der Waals surface area contributed by atoms with E-state index in [1.54, 1.807) is 13.0 Å². The van der Waals surface area contributed by atoms with Crippen molar-refractivity contribution >= 4 is 0 Å². The summed E-state index contributed by atoms with van der Waals surface area (Å²) >= 11 is 0. The average Bonchev–Trinajstić information content (AvgIpc) is 2.19. The fourth-order valence-electron chi connectivity index (χ4n) is 1.97. The summed E-state index contributed by atoms with van der Waals surface area (Å²) in [4.78, 5) is 3.94. The number of rotatable bonds is 4. The van der Waals surface area contributed by atoms with Crippen LogP contribution < -0.4 is 0 Å². The Morgan fingerprint density at radius 2 is 2.00 bits per heavy atom. The SMILES string of the molecule is CCC(CC)C(C)(O)c1ccc(F)cn1. The molecule has 0 saturated heterocycles. The Bertz CT molecular complexity index is 304. The number of pyridine rings is 1. The summed E-state index contributed by atoms with van der Waals surface area (Å²) in [7, 11) is 0. The molecule has 3 heteroatoms. The minimum absolute atomic E-state index is 0.149. The van der Waals surface area contributed by atoms with Crippen LogP contribution in [-0.2, 0) is 5.60 Å². The Labute approximate surface area is 90.2 Å². The summed E-state index contributed by atoms with van der Waals surface area (Å²) in [6.07, 6.45) is 2.90. The minimum atomic E-state index is -0.975. The second-order valence-corrected chi connectivity index (χ2v) is 4.02. The largest absolute Gasteiger partial charge is 0.384 e. The van der Waals surface area contributed by atoms with Gasteiger partial charge in [-0.15, -0.1) is 0 Å². The number of aromatic nitrogens is 1. The molecule has 1 aromatic heterocycles. The van der Waals surface area contributed by atoms with E-state index < -0.39 is 5.60 Å². The number of nitrogens with zero attached hydrogens (tertiary/aromatic N) is 1. The third-order valence-corrected chi connectivity index (χ3v) is 3.03. The molecule has 0 spiro atoms. The average molecular weight is 211 g/mol. The van der Waals surface area contributed by atoms with Crippen molar-refractivity contribution in [3.05, 3.63) is 29.8 Å². The maximum Gasteiger partial charge on any atom is 0.141 e. The molecule has 1 unspecified atom stereocenters. The second-order valence-electron chi connectivity index (χ2n) is 4.02. The van der Waals surface area contributed by atoms with E-state index in [0.717, 1.165) is 19.0 Å². The predicted molar refractivity (Wildman–Crippen MR) is 57.8 cm³/mol. The van der Waals surface area contributed by atoms with E-state index in [0.29, 0.717) is 5.69 Å². The fourth-order valence-corrected chi connectivity index (χ4v) is 1.97. The molecule has 84 valence electrons. The third kappa shape index (κ3) is 2.53. The summed E-state index contributed by atoms with van der Waals surface area (Å²) in [6, 6.07) is 2.88. The summed E-state index contributed by atoms with van der Waals surface area (Å²) in [6.45, 7) is 5.81. The topological polar surface area (TPSA) is 33.1 Å². The first-order valence-corrected chi connectivity index (χ1v) is 5.36. The highest BCUT2D eigenvalue weighted by Crippen LogP contribution is 2.32. The molecule has 0 bridgehead atoms. The Morgan fingerprint density at radius 1 is 1.40 bits per heavy atom. The predicted octanol–water partition coefficient (Wildman–Crippen LogP) is 2.86. The lowest BCUT2D eigenvalue weighted by Crippen LogP contribution is -2.32. The van der Waals surface area contributed by atoms with E-state index in [1.165, 1.54) is 6.07 Å². The van der Waals surface area contributed by atoms with Crippen LogP contribution in [0, 0.1) is 11.7 Å². The molecule has 1 N–H and O–H groups in total. The lowest BCUT2D eigenvalue weighted by Gasteiger charge is -2.31. The van der Waals surface area contributed by atoms with Crippen molar-refractivity contribution in [3.8, 4) is 0 Å². The third-order valence-electron chi connectivity index (χ3n) is 3.03. The van der Waals surface area contributed by atoms with Crippen molar-refractivity contribution in [2.24, 2.45) is 5.92 Å². The normalized spacial score (nSPS) is 15.3. The summed E-state index contributed by atoms with van der Waals surface area (Å²) in [5.41, 5.74) is -0.436. The van der Waals surface area contributed by atoms with Crippen LogP contribution >= 0.6 is 0 Å². The molecule has 0 aromatic carbocycles. The maximum atomic E-state index is 12.7. The quantitative estimate of drug-likeness (QED) is 0.830. The molecular formula is C12H18FNO. The molecule has 1 aromatic rings. The van der Waals surface area contributed by atoms with Crippen molar-refractivity contribution < 1.29 is 9.50 Å². The van der Waals surface area contributed by atoms with Crippen LogP contribution in [0.5, 0.6) is 0 Å². The highest BCUT2D eigenvalue weighted by atomic mass is 19.1. The highest BCUT2D eigenvalue weighted by Gasteiger charge is 2.32. The lowest BCUT2D eigenvalue weighted by atomic mass is 9.82. The van der Waals surface area contributed by atoms with E-state index in [2.05, 4.69) is 4.98 Å². The van der Waals surface area contributed by atoms with E-state index in [9.17, 15) is 9.50 Å². The summed E-state index contributed by atoms with van der Waals surface area (Å²) < 4.78 is 12.7. The van der Waals surface area contributed by atoms with Crippen molar-refractivity contribution in [2.45, 2.75) is 39.2 Å². The molecule has 15 heavy (non-hydrogen) atoms. The molecule has 0 aliphatic rings. The zero-order chi connectivity index (χ0) is 11.5. The molecule has 0 saturated carbocycles. The summed E-state index contributed by atoms with van der Waals surface area (Å²) in [5, 5.41) is 10.4. The van der Waals surface area contributed by atoms with Gasteiger partial charge >= 0.3 is 0 Å². The van der Waals surface area contributed by atoms with Crippen molar-refractivity contribution in [1.82, 2.24) is 4.98 Å². The minimum Gasteiger partial charge on any atom is -0.384 e. The van der Waals surface area contributed by atoms with Gasteiger partial charge < -0.3 is 5.11 Å². The fraction of sp³-hybridized carbons (Fsp3) is 0.583. The number of halogens is 1. The Hall–Kier alpha value is -0.960. The van der Waals surface area contributed by atoms with Gasteiger partial charge in [-0.05, 0) is 25.0 Å². The first-order valence-electron chi connectivity index (χ1n) is 5.36. The van der Waals surface area contributed by atoms with Crippen LogP contribution in [0.15, 0.2) is 18.3 Å². The number of hydrogen-bond acceptors (Lipinski definition) is 2. The first kappa shape index (κ1) is 12.1. The molecule has 2 nitrogen and oxygen atoms in total. The van der Waals surface area contributed by atoms with Gasteiger partial charge in [-0.2, -0.15) is 0 Å². The van der Waals surface area contributed by atoms with Gasteiger partial charge in [0, 0.05) is 0 Å². The van der Waals surface area contributed by atoms with Crippen LogP contribution in [0.3, 0.4) is 0 Å². The molecule has 0 amide bonds. The maximum absolute atomic E-state index is 12.7. The molecule has 0 aliphatic heterocycles. The number of aliphatic hydroxyl groups is 1. The van der Waals surface area contributed by atoms with Gasteiger partial charge in [-0.1, -0.05) is 26.7 Å². The van der Waals surface area contributed by atoms with Gasteiger partial charge in [0.1, 0.15) is 11.4 Å². The van der Waals surface area contributed by atoms with Gasteiger partial charge in [0.25, 0.3) is 0 Å². The van der Waals surface area contributed by atoms with E-state index in [4.69, 9.17) is 0 Å². The smallest absolute Gasteiger partial charge is 0.141 e. The number of hydrogen-bond donors (Lipinski definition) is 1. The molecule has 1 rings (SSSR count). The monoisotopic (exact) mass is 211 g/mol. The highest BCUT2D eigenvalue weighted by molar-refractivity contribution is 5.13. The van der Waals surface area contributed by atoms with Gasteiger partial charge in [0.05, 0.1) is 11.9 Å². The Kier molecular flexibility index (Phi) is 3.80. The molecule has 1 heterocycles. The van der Waals surface area contributed by atoms with E-state index >= 15 is 0 Å². The van der Waals surface area contributed by atoms with Gasteiger partial charge in [0.15, 0.2) is 0 Å². The first-order chi connectivity index (χ1) is 7.02. The van der Waals surface area contributed by atoms with Crippen LogP contribution in [0.1, 0.15) is 39.3 Å². The zero-order valence-corrected chi connectivity index (χ0v) is 9.50. The van der Waals surface area contributed by atoms with Crippen molar-refractivity contribution in [1.29, 1.82) is 0 Å². The standard InChI is InChI=1S/C12H18FNO/c1-4-9(5-2)12(3,15)11-7-6-10(13)8-14-11/h6-9,15H,4-5H2,1-3H3. The Balaban J connectivity index is 2.98. The van der Waals surface area contributed by atoms with Gasteiger partial charge in [-0.25, -0.2) is 4.39 Å². The molecular weight excluding hydrogens is 193 g/mol. The second kappa shape index (κ2) is 4.71. The molecule has 1 atom stereocenters. The van der Waals surface area contributed by atoms with E-state index in [-0.39, 0.29) is 11.7 Å².